The number of rotatable bonds is 4. The summed E-state index contributed by atoms with van der Waals surface area (Å²) in [7, 11) is 8.10. The monoisotopic (exact) mass is 1370 g/mol. The van der Waals surface area contributed by atoms with Crippen LogP contribution in [0.5, 0.6) is 0 Å². The Bertz CT molecular complexity index is 6770. The minimum atomic E-state index is 0.911. The van der Waals surface area contributed by atoms with Crippen molar-refractivity contribution in [1.29, 1.82) is 0 Å². The standard InChI is InChI=1S/C24H21N2O.3C23H19N2O/c1-14-11-19-23-18-8-6-5-7-17(18)9-10-21(23)27-24(19)22(16(14)3)20-12-15(2)25-13-26(20)4;1-14-13-18-21-17-8-5-4-7-16(17)9-10-19(21)26-22(18)20(15(14)2)23-24-11-6-12-25(23)3;1-14-8-10-18-22-17-7-5-4-6-16(17)9-11-20(22)26-23(18)21(14)19-12-15(2)24-13-25(19)3;1-14-12-18-22-17-7-5-4-6-16(17)8-9-20(22)26-23(18)21(15(14)2)19-10-11-24-13-25(19)3/h5-13H,1-4H3;3*4-13H,1-3H3/q4*+1. The van der Waals surface area contributed by atoms with Crippen LogP contribution < -0.4 is 18.3 Å². The number of hydrogen-bond donors (Lipinski definition) is 0. The predicted molar refractivity (Wildman–Crippen MR) is 425 cm³/mol. The lowest BCUT2D eigenvalue weighted by molar-refractivity contribution is -0.663. The van der Waals surface area contributed by atoms with Crippen LogP contribution in [0.25, 0.3) is 176 Å². The number of nitrogens with zero attached hydrogens (tertiary/aromatic N) is 8. The minimum absolute atomic E-state index is 0.911. The molecule has 12 heteroatoms. The summed E-state index contributed by atoms with van der Waals surface area (Å²) >= 11 is 0. The summed E-state index contributed by atoms with van der Waals surface area (Å²) in [5.74, 6) is 0.919. The number of aromatic nitrogens is 8. The maximum atomic E-state index is 6.44. The average molecular weight is 1370 g/mol. The van der Waals surface area contributed by atoms with Gasteiger partial charge in [0.1, 0.15) is 74.1 Å². The lowest BCUT2D eigenvalue weighted by Gasteiger charge is -2.10. The number of aryl methyl sites for hydroxylation is 10. The zero-order valence-electron chi connectivity index (χ0n) is 61.2. The molecular formula is C93H78N8O4+4. The van der Waals surface area contributed by atoms with E-state index >= 15 is 0 Å². The van der Waals surface area contributed by atoms with Crippen molar-refractivity contribution in [2.24, 2.45) is 28.2 Å². The van der Waals surface area contributed by atoms with E-state index in [4.69, 9.17) is 17.7 Å². The number of furan rings is 4. The number of fused-ring (bicyclic) bond motifs is 20. The van der Waals surface area contributed by atoms with E-state index in [-0.39, 0.29) is 0 Å². The van der Waals surface area contributed by atoms with E-state index in [0.29, 0.717) is 0 Å². The zero-order chi connectivity index (χ0) is 72.2. The first-order valence-electron chi connectivity index (χ1n) is 35.6. The molecule has 20 aromatic rings. The van der Waals surface area contributed by atoms with Gasteiger partial charge in [0.15, 0.2) is 17.0 Å². The quantitative estimate of drug-likeness (QED) is 0.160. The Balaban J connectivity index is 0.000000103. The van der Waals surface area contributed by atoms with Crippen LogP contribution >= 0.6 is 0 Å². The largest absolute Gasteiger partial charge is 0.455 e. The van der Waals surface area contributed by atoms with Crippen LogP contribution in [0.1, 0.15) is 50.3 Å². The van der Waals surface area contributed by atoms with Gasteiger partial charge in [-0.05, 0) is 178 Å². The molecule has 0 unspecified atom stereocenters. The summed E-state index contributed by atoms with van der Waals surface area (Å²) in [4.78, 5) is 17.7. The molecule has 0 aliphatic rings. The molecule has 8 aromatic heterocycles. The average Bonchev–Trinajstić information content (AvgIpc) is 1.62. The maximum Gasteiger partial charge on any atom is 0.334 e. The lowest BCUT2D eigenvalue weighted by atomic mass is 9.95. The van der Waals surface area contributed by atoms with Gasteiger partial charge >= 0.3 is 5.82 Å². The van der Waals surface area contributed by atoms with Crippen LogP contribution in [0.2, 0.25) is 0 Å². The van der Waals surface area contributed by atoms with Gasteiger partial charge < -0.3 is 17.7 Å². The van der Waals surface area contributed by atoms with Gasteiger partial charge in [-0.2, -0.15) is 0 Å². The van der Waals surface area contributed by atoms with Crippen molar-refractivity contribution >= 4 is 131 Å². The molecule has 0 aliphatic heterocycles. The molecule has 105 heavy (non-hydrogen) atoms. The Kier molecular flexibility index (Phi) is 16.2. The van der Waals surface area contributed by atoms with Gasteiger partial charge in [0.05, 0.1) is 51.1 Å². The Morgan fingerprint density at radius 1 is 0.276 bits per heavy atom. The molecule has 20 rings (SSSR count). The second kappa shape index (κ2) is 25.9. The van der Waals surface area contributed by atoms with Gasteiger partial charge in [-0.1, -0.05) is 148 Å². The molecule has 510 valence electrons. The maximum absolute atomic E-state index is 6.44. The highest BCUT2D eigenvalue weighted by atomic mass is 16.3. The fourth-order valence-corrected chi connectivity index (χ4v) is 15.7. The van der Waals surface area contributed by atoms with Gasteiger partial charge in [-0.15, -0.1) is 0 Å². The molecule has 8 heterocycles. The SMILES string of the molecule is Cc1cc(-c2c(C)c(C)cc3c2oc2ccc4ccccc4c23)[n+](C)cn1.Cc1cc(-c2c(C)ccc3c2oc2ccc4ccccc4c23)[n+](C)cn1.Cc1cc2c(oc3ccc4ccccc4c32)c(-c2ccnc[n+]2C)c1C.Cc1cc2c(oc3ccc4ccccc4c32)c(-c2nccc[n+]2C)c1C. The summed E-state index contributed by atoms with van der Waals surface area (Å²) in [6.07, 6.45) is 11.3. The molecule has 0 atom stereocenters. The highest BCUT2D eigenvalue weighted by Gasteiger charge is 2.28. The molecule has 0 aliphatic carbocycles. The van der Waals surface area contributed by atoms with Crippen molar-refractivity contribution in [2.75, 3.05) is 0 Å². The summed E-state index contributed by atoms with van der Waals surface area (Å²) in [5.41, 5.74) is 26.0. The van der Waals surface area contributed by atoms with Crippen molar-refractivity contribution in [3.05, 3.63) is 288 Å². The molecule has 0 N–H and O–H groups in total. The number of hydrogen-bond acceptors (Lipinski definition) is 8. The third kappa shape index (κ3) is 11.1. The highest BCUT2D eigenvalue weighted by Crippen LogP contribution is 2.46. The third-order valence-corrected chi connectivity index (χ3v) is 21.4. The third-order valence-electron chi connectivity index (χ3n) is 21.4. The molecule has 0 saturated heterocycles. The Morgan fingerprint density at radius 2 is 0.648 bits per heavy atom. The van der Waals surface area contributed by atoms with Gasteiger partial charge in [0.25, 0.3) is 19.0 Å². The molecule has 0 bridgehead atoms. The fourth-order valence-electron chi connectivity index (χ4n) is 15.7. The predicted octanol–water partition coefficient (Wildman–Crippen LogP) is 21.3. The van der Waals surface area contributed by atoms with Crippen molar-refractivity contribution in [3.8, 4) is 45.2 Å². The van der Waals surface area contributed by atoms with E-state index in [1.807, 2.05) is 101 Å². The van der Waals surface area contributed by atoms with Gasteiger partial charge in [0.2, 0.25) is 0 Å². The van der Waals surface area contributed by atoms with Crippen molar-refractivity contribution in [3.63, 3.8) is 0 Å². The normalized spacial score (nSPS) is 11.7. The number of benzene rings is 12. The van der Waals surface area contributed by atoms with E-state index in [9.17, 15) is 0 Å². The fraction of sp³-hybridized carbons (Fsp3) is 0.140. The van der Waals surface area contributed by atoms with Crippen molar-refractivity contribution in [2.45, 2.75) is 62.3 Å². The van der Waals surface area contributed by atoms with Crippen LogP contribution in [0.3, 0.4) is 0 Å². The highest BCUT2D eigenvalue weighted by molar-refractivity contribution is 6.24. The molecule has 0 amide bonds. The second-order valence-electron chi connectivity index (χ2n) is 28.1. The Labute approximate surface area is 607 Å². The first-order valence-corrected chi connectivity index (χ1v) is 35.6. The smallest absolute Gasteiger partial charge is 0.334 e. The first kappa shape index (κ1) is 65.5. The molecule has 0 spiro atoms. The van der Waals surface area contributed by atoms with Crippen LogP contribution in [-0.4, -0.2) is 19.9 Å². The molecule has 0 fully saturated rings. The van der Waals surface area contributed by atoms with Crippen LogP contribution in [0.15, 0.2) is 255 Å². The van der Waals surface area contributed by atoms with Crippen molar-refractivity contribution in [1.82, 2.24) is 19.9 Å². The van der Waals surface area contributed by atoms with E-state index in [1.165, 1.54) is 114 Å². The summed E-state index contributed by atoms with van der Waals surface area (Å²) < 4.78 is 33.8. The second-order valence-corrected chi connectivity index (χ2v) is 28.1. The summed E-state index contributed by atoms with van der Waals surface area (Å²) in [6.45, 7) is 19.2. The van der Waals surface area contributed by atoms with Gasteiger partial charge in [-0.3, -0.25) is 0 Å². The van der Waals surface area contributed by atoms with E-state index in [2.05, 4.69) is 266 Å². The van der Waals surface area contributed by atoms with Crippen LogP contribution in [0.4, 0.5) is 0 Å². The van der Waals surface area contributed by atoms with Crippen LogP contribution in [-0.2, 0) is 28.2 Å². The van der Waals surface area contributed by atoms with Crippen LogP contribution in [0, 0.1) is 62.3 Å². The molecular weight excluding hydrogens is 1290 g/mol. The van der Waals surface area contributed by atoms with Crippen molar-refractivity contribution < 1.29 is 35.9 Å². The summed E-state index contributed by atoms with van der Waals surface area (Å²) in [6, 6.07) is 70.2. The Hall–Kier alpha value is -12.8. The topological polar surface area (TPSA) is 120 Å². The van der Waals surface area contributed by atoms with Gasteiger partial charge in [-0.25, -0.2) is 18.3 Å². The van der Waals surface area contributed by atoms with E-state index in [0.717, 1.165) is 112 Å². The van der Waals surface area contributed by atoms with E-state index in [1.54, 1.807) is 0 Å². The molecule has 12 aromatic carbocycles. The minimum Gasteiger partial charge on any atom is -0.455 e. The van der Waals surface area contributed by atoms with Gasteiger partial charge in [0, 0.05) is 81.2 Å². The zero-order valence-corrected chi connectivity index (χ0v) is 61.2. The lowest BCUT2D eigenvalue weighted by Crippen LogP contribution is -2.31. The molecule has 0 radical (unpaired) electrons. The molecule has 12 nitrogen and oxygen atoms in total. The Morgan fingerprint density at radius 3 is 1.08 bits per heavy atom. The molecule has 0 saturated carbocycles. The van der Waals surface area contributed by atoms with E-state index < -0.39 is 0 Å². The first-order chi connectivity index (χ1) is 51.0. The summed E-state index contributed by atoms with van der Waals surface area (Å²) in [5, 5.41) is 19.3.